The summed E-state index contributed by atoms with van der Waals surface area (Å²) in [5, 5.41) is 9.22. The van der Waals surface area contributed by atoms with Gasteiger partial charge in [0.05, 0.1) is 12.7 Å². The number of carbonyl (C=O) groups excluding carboxylic acids is 1. The second kappa shape index (κ2) is 4.65. The minimum Gasteiger partial charge on any atom is -0.508 e. The van der Waals surface area contributed by atoms with Crippen molar-refractivity contribution in [1.29, 1.82) is 0 Å². The number of hydrogen-bond acceptors (Lipinski definition) is 4. The fraction of sp³-hybridized carbons (Fsp3) is 0.0769. The van der Waals surface area contributed by atoms with Crippen LogP contribution >= 0.6 is 0 Å². The van der Waals surface area contributed by atoms with Gasteiger partial charge in [-0.05, 0) is 23.8 Å². The van der Waals surface area contributed by atoms with Crippen molar-refractivity contribution >= 4 is 5.97 Å². The van der Waals surface area contributed by atoms with E-state index in [2.05, 4.69) is 4.98 Å². The molecule has 1 aromatic carbocycles. The molecule has 0 atom stereocenters. The van der Waals surface area contributed by atoms with Crippen LogP contribution in [0.2, 0.25) is 0 Å². The number of nitrogens with zero attached hydrogens (tertiary/aromatic N) is 1. The second-order valence-corrected chi connectivity index (χ2v) is 3.46. The number of hydrogen-bond donors (Lipinski definition) is 1. The summed E-state index contributed by atoms with van der Waals surface area (Å²) in [6.45, 7) is 0. The van der Waals surface area contributed by atoms with Crippen LogP contribution in [-0.4, -0.2) is 23.2 Å². The van der Waals surface area contributed by atoms with Crippen LogP contribution in [0.5, 0.6) is 5.75 Å². The smallest absolute Gasteiger partial charge is 0.338 e. The van der Waals surface area contributed by atoms with E-state index in [4.69, 9.17) is 4.74 Å². The van der Waals surface area contributed by atoms with E-state index >= 15 is 0 Å². The van der Waals surface area contributed by atoms with Gasteiger partial charge in [-0.1, -0.05) is 12.1 Å². The molecule has 0 saturated heterocycles. The van der Waals surface area contributed by atoms with Crippen molar-refractivity contribution in [2.75, 3.05) is 7.11 Å². The highest BCUT2D eigenvalue weighted by atomic mass is 16.5. The SMILES string of the molecule is COC(=O)c1ccncc1-c1ccc(O)cc1. The lowest BCUT2D eigenvalue weighted by Crippen LogP contribution is -2.03. The molecule has 2 aromatic rings. The van der Waals surface area contributed by atoms with Crippen LogP contribution < -0.4 is 0 Å². The maximum Gasteiger partial charge on any atom is 0.338 e. The summed E-state index contributed by atoms with van der Waals surface area (Å²) in [5.74, 6) is -0.229. The van der Waals surface area contributed by atoms with Crippen LogP contribution in [0.4, 0.5) is 0 Å². The first kappa shape index (κ1) is 11.1. The van der Waals surface area contributed by atoms with Crippen molar-refractivity contribution in [3.8, 4) is 16.9 Å². The maximum absolute atomic E-state index is 11.6. The fourth-order valence-corrected chi connectivity index (χ4v) is 1.55. The number of rotatable bonds is 2. The van der Waals surface area contributed by atoms with E-state index in [-0.39, 0.29) is 5.75 Å². The molecule has 17 heavy (non-hydrogen) atoms. The Balaban J connectivity index is 2.51. The van der Waals surface area contributed by atoms with E-state index < -0.39 is 5.97 Å². The highest BCUT2D eigenvalue weighted by molar-refractivity contribution is 5.96. The first-order chi connectivity index (χ1) is 8.22. The summed E-state index contributed by atoms with van der Waals surface area (Å²) in [6.07, 6.45) is 3.13. The van der Waals surface area contributed by atoms with Crippen LogP contribution in [0.25, 0.3) is 11.1 Å². The van der Waals surface area contributed by atoms with Gasteiger partial charge in [-0.3, -0.25) is 4.98 Å². The predicted octanol–water partition coefficient (Wildman–Crippen LogP) is 2.24. The molecule has 4 heteroatoms. The van der Waals surface area contributed by atoms with E-state index in [9.17, 15) is 9.90 Å². The summed E-state index contributed by atoms with van der Waals surface area (Å²) in [5.41, 5.74) is 1.93. The van der Waals surface area contributed by atoms with Gasteiger partial charge in [0, 0.05) is 18.0 Å². The largest absolute Gasteiger partial charge is 0.508 e. The molecule has 0 spiro atoms. The molecule has 1 N–H and O–H groups in total. The quantitative estimate of drug-likeness (QED) is 0.802. The number of phenols is 1. The number of methoxy groups -OCH3 is 1. The fourth-order valence-electron chi connectivity index (χ4n) is 1.55. The van der Waals surface area contributed by atoms with Gasteiger partial charge >= 0.3 is 5.97 Å². The predicted molar refractivity (Wildman–Crippen MR) is 62.7 cm³/mol. The Labute approximate surface area is 98.5 Å². The lowest BCUT2D eigenvalue weighted by Gasteiger charge is -2.07. The minimum atomic E-state index is -0.407. The zero-order valence-corrected chi connectivity index (χ0v) is 9.25. The lowest BCUT2D eigenvalue weighted by molar-refractivity contribution is 0.0601. The molecule has 0 amide bonds. The van der Waals surface area contributed by atoms with Gasteiger partial charge in [0.25, 0.3) is 0 Å². The molecular formula is C13H11NO3. The van der Waals surface area contributed by atoms with Crippen molar-refractivity contribution < 1.29 is 14.6 Å². The average molecular weight is 229 g/mol. The first-order valence-corrected chi connectivity index (χ1v) is 5.04. The van der Waals surface area contributed by atoms with E-state index in [0.717, 1.165) is 5.56 Å². The van der Waals surface area contributed by atoms with Crippen molar-refractivity contribution in [3.05, 3.63) is 48.3 Å². The van der Waals surface area contributed by atoms with Crippen LogP contribution in [0, 0.1) is 0 Å². The average Bonchev–Trinajstić information content (AvgIpc) is 2.39. The Morgan fingerprint density at radius 3 is 2.59 bits per heavy atom. The van der Waals surface area contributed by atoms with E-state index in [0.29, 0.717) is 11.1 Å². The molecule has 0 aliphatic heterocycles. The molecular weight excluding hydrogens is 218 g/mol. The minimum absolute atomic E-state index is 0.178. The van der Waals surface area contributed by atoms with Crippen molar-refractivity contribution in [2.45, 2.75) is 0 Å². The molecule has 0 bridgehead atoms. The van der Waals surface area contributed by atoms with Gasteiger partial charge in [0.2, 0.25) is 0 Å². The number of ether oxygens (including phenoxy) is 1. The van der Waals surface area contributed by atoms with Gasteiger partial charge in [0.1, 0.15) is 5.75 Å². The number of phenolic OH excluding ortho intramolecular Hbond substituents is 1. The van der Waals surface area contributed by atoms with Crippen LogP contribution in [-0.2, 0) is 4.74 Å². The third-order valence-electron chi connectivity index (χ3n) is 2.40. The molecule has 4 nitrogen and oxygen atoms in total. The molecule has 1 heterocycles. The van der Waals surface area contributed by atoms with E-state index in [1.54, 1.807) is 36.5 Å². The third kappa shape index (κ3) is 2.25. The highest BCUT2D eigenvalue weighted by Crippen LogP contribution is 2.24. The summed E-state index contributed by atoms with van der Waals surface area (Å²) in [7, 11) is 1.34. The molecule has 0 fully saturated rings. The van der Waals surface area contributed by atoms with Gasteiger partial charge in [0.15, 0.2) is 0 Å². The summed E-state index contributed by atoms with van der Waals surface area (Å²) in [4.78, 5) is 15.6. The lowest BCUT2D eigenvalue weighted by atomic mass is 10.0. The first-order valence-electron chi connectivity index (χ1n) is 5.04. The molecule has 0 unspecified atom stereocenters. The summed E-state index contributed by atoms with van der Waals surface area (Å²) >= 11 is 0. The Morgan fingerprint density at radius 2 is 1.94 bits per heavy atom. The number of carbonyl (C=O) groups is 1. The van der Waals surface area contributed by atoms with Crippen LogP contribution in [0.15, 0.2) is 42.7 Å². The Hall–Kier alpha value is -2.36. The maximum atomic E-state index is 11.6. The highest BCUT2D eigenvalue weighted by Gasteiger charge is 2.12. The molecule has 0 radical (unpaired) electrons. The Morgan fingerprint density at radius 1 is 1.24 bits per heavy atom. The van der Waals surface area contributed by atoms with Gasteiger partial charge in [-0.25, -0.2) is 4.79 Å². The second-order valence-electron chi connectivity index (χ2n) is 3.46. The molecule has 0 aliphatic carbocycles. The van der Waals surface area contributed by atoms with Crippen LogP contribution in [0.3, 0.4) is 0 Å². The van der Waals surface area contributed by atoms with Gasteiger partial charge in [-0.2, -0.15) is 0 Å². The van der Waals surface area contributed by atoms with Crippen molar-refractivity contribution in [1.82, 2.24) is 4.98 Å². The number of esters is 1. The molecule has 0 saturated carbocycles. The van der Waals surface area contributed by atoms with Gasteiger partial charge in [-0.15, -0.1) is 0 Å². The number of aromatic nitrogens is 1. The van der Waals surface area contributed by atoms with Crippen molar-refractivity contribution in [2.24, 2.45) is 0 Å². The number of benzene rings is 1. The van der Waals surface area contributed by atoms with Crippen molar-refractivity contribution in [3.63, 3.8) is 0 Å². The zero-order valence-electron chi connectivity index (χ0n) is 9.25. The monoisotopic (exact) mass is 229 g/mol. The molecule has 1 aromatic heterocycles. The summed E-state index contributed by atoms with van der Waals surface area (Å²) < 4.78 is 4.71. The van der Waals surface area contributed by atoms with Gasteiger partial charge < -0.3 is 9.84 Å². The third-order valence-corrected chi connectivity index (χ3v) is 2.40. The molecule has 86 valence electrons. The number of aromatic hydroxyl groups is 1. The Bertz CT molecular complexity index is 535. The standard InChI is InChI=1S/C13H11NO3/c1-17-13(16)11-6-7-14-8-12(11)9-2-4-10(15)5-3-9/h2-8,15H,1H3. The number of pyridine rings is 1. The zero-order chi connectivity index (χ0) is 12.3. The van der Waals surface area contributed by atoms with Crippen LogP contribution in [0.1, 0.15) is 10.4 Å². The molecule has 2 rings (SSSR count). The summed E-state index contributed by atoms with van der Waals surface area (Å²) in [6, 6.07) is 8.17. The molecule has 0 aliphatic rings. The topological polar surface area (TPSA) is 59.4 Å². The Kier molecular flexibility index (Phi) is 3.05. The van der Waals surface area contributed by atoms with E-state index in [1.165, 1.54) is 13.3 Å². The normalized spacial score (nSPS) is 9.94. The van der Waals surface area contributed by atoms with E-state index in [1.807, 2.05) is 0 Å².